The molecule has 0 aliphatic heterocycles. The quantitative estimate of drug-likeness (QED) is 0.788. The number of esters is 1. The Morgan fingerprint density at radius 2 is 1.90 bits per heavy atom. The summed E-state index contributed by atoms with van der Waals surface area (Å²) in [6.45, 7) is 3.19. The molecular weight excluding hydrogens is 372 g/mol. The van der Waals surface area contributed by atoms with Crippen LogP contribution in [-0.4, -0.2) is 27.5 Å². The second-order valence-corrected chi connectivity index (χ2v) is 7.07. The van der Waals surface area contributed by atoms with E-state index in [2.05, 4.69) is 25.4 Å². The van der Waals surface area contributed by atoms with E-state index in [0.717, 1.165) is 13.2 Å². The number of carbonyl (C=O) groups is 1. The molecule has 0 spiro atoms. The van der Waals surface area contributed by atoms with Gasteiger partial charge in [-0.3, -0.25) is 4.79 Å². The predicted octanol–water partition coefficient (Wildman–Crippen LogP) is 2.20. The molecule has 21 heavy (non-hydrogen) atoms. The van der Waals surface area contributed by atoms with Gasteiger partial charge in [0.2, 0.25) is 10.0 Å². The smallest absolute Gasteiger partial charge is 0.324 e. The number of hydrogen-bond acceptors (Lipinski definition) is 4. The zero-order chi connectivity index (χ0) is 16.4. The number of hydrogen-bond donors (Lipinski definition) is 1. The number of rotatable bonds is 5. The summed E-state index contributed by atoms with van der Waals surface area (Å²) in [5.41, 5.74) is 0. The molecule has 9 heteroatoms. The normalized spacial score (nSPS) is 13.3. The number of methoxy groups -OCH3 is 1. The van der Waals surface area contributed by atoms with Crippen molar-refractivity contribution < 1.29 is 26.7 Å². The maximum atomic E-state index is 13.7. The lowest BCUT2D eigenvalue weighted by atomic mass is 10.1. The summed E-state index contributed by atoms with van der Waals surface area (Å²) in [4.78, 5) is 10.8. The Balaban J connectivity index is 3.26. The van der Waals surface area contributed by atoms with Crippen molar-refractivity contribution in [1.29, 1.82) is 0 Å². The lowest BCUT2D eigenvalue weighted by Gasteiger charge is -2.20. The number of sulfonamides is 1. The van der Waals surface area contributed by atoms with Gasteiger partial charge in [0.15, 0.2) is 0 Å². The summed E-state index contributed by atoms with van der Waals surface area (Å²) in [7, 11) is -3.27. The first kappa shape index (κ1) is 18.0. The lowest BCUT2D eigenvalue weighted by Crippen LogP contribution is -2.45. The highest BCUT2D eigenvalue weighted by molar-refractivity contribution is 9.10. The Bertz CT molecular complexity index is 626. The van der Waals surface area contributed by atoms with E-state index in [-0.39, 0.29) is 4.47 Å². The van der Waals surface area contributed by atoms with E-state index in [1.807, 2.05) is 0 Å². The van der Waals surface area contributed by atoms with Gasteiger partial charge in [0.1, 0.15) is 22.6 Å². The minimum atomic E-state index is -4.38. The van der Waals surface area contributed by atoms with Gasteiger partial charge in [-0.15, -0.1) is 0 Å². The molecule has 0 unspecified atom stereocenters. The third-order valence-electron chi connectivity index (χ3n) is 2.64. The summed E-state index contributed by atoms with van der Waals surface area (Å²) in [6.07, 6.45) is 0. The van der Waals surface area contributed by atoms with E-state index in [4.69, 9.17) is 0 Å². The Morgan fingerprint density at radius 1 is 1.33 bits per heavy atom. The minimum Gasteiger partial charge on any atom is -0.468 e. The fourth-order valence-electron chi connectivity index (χ4n) is 1.60. The molecule has 1 N–H and O–H groups in total. The number of halogens is 3. The van der Waals surface area contributed by atoms with E-state index >= 15 is 0 Å². The third-order valence-corrected chi connectivity index (χ3v) is 5.04. The topological polar surface area (TPSA) is 72.5 Å². The summed E-state index contributed by atoms with van der Waals surface area (Å²) < 4.78 is 57.5. The van der Waals surface area contributed by atoms with Gasteiger partial charge in [-0.25, -0.2) is 17.2 Å². The molecule has 0 amide bonds. The zero-order valence-corrected chi connectivity index (χ0v) is 13.9. The number of nitrogens with one attached hydrogen (secondary N) is 1. The van der Waals surface area contributed by atoms with Gasteiger partial charge >= 0.3 is 5.97 Å². The largest absolute Gasteiger partial charge is 0.468 e. The lowest BCUT2D eigenvalue weighted by molar-refractivity contribution is -0.143. The van der Waals surface area contributed by atoms with Gasteiger partial charge in [0.25, 0.3) is 0 Å². The average Bonchev–Trinajstić information content (AvgIpc) is 2.33. The van der Waals surface area contributed by atoms with Gasteiger partial charge in [-0.1, -0.05) is 13.8 Å². The molecule has 1 aromatic carbocycles. The summed E-state index contributed by atoms with van der Waals surface area (Å²) in [6, 6.07) is 0.0820. The molecule has 0 heterocycles. The van der Waals surface area contributed by atoms with E-state index in [9.17, 15) is 22.0 Å². The minimum absolute atomic E-state index is 0.278. The Morgan fingerprint density at radius 3 is 2.33 bits per heavy atom. The molecule has 0 aromatic heterocycles. The molecule has 0 aliphatic carbocycles. The van der Waals surface area contributed by atoms with Gasteiger partial charge in [-0.05, 0) is 27.9 Å². The van der Waals surface area contributed by atoms with Crippen LogP contribution in [0, 0.1) is 17.6 Å². The van der Waals surface area contributed by atoms with Gasteiger partial charge < -0.3 is 4.74 Å². The van der Waals surface area contributed by atoms with Gasteiger partial charge in [0.05, 0.1) is 7.11 Å². The van der Waals surface area contributed by atoms with Crippen LogP contribution in [0.2, 0.25) is 0 Å². The Hall–Kier alpha value is -1.06. The summed E-state index contributed by atoms with van der Waals surface area (Å²) in [5.74, 6) is -3.41. The highest BCUT2D eigenvalue weighted by Gasteiger charge is 2.32. The van der Waals surface area contributed by atoms with Crippen molar-refractivity contribution in [3.8, 4) is 0 Å². The van der Waals surface area contributed by atoms with Crippen molar-refractivity contribution >= 4 is 31.9 Å². The SMILES string of the molecule is COC(=O)[C@@H](NS(=O)(=O)c1c(F)cc(F)cc1Br)C(C)C. The molecule has 1 atom stereocenters. The van der Waals surface area contributed by atoms with Crippen LogP contribution in [0.3, 0.4) is 0 Å². The Kier molecular flexibility index (Phi) is 5.83. The van der Waals surface area contributed by atoms with E-state index in [1.165, 1.54) is 0 Å². The first-order valence-electron chi connectivity index (χ1n) is 5.85. The standard InChI is InChI=1S/C12H14BrF2NO4S/c1-6(2)10(12(17)20-3)16-21(18,19)11-8(13)4-7(14)5-9(11)15/h4-6,10,16H,1-3H3/t10-/m0/s1. The van der Waals surface area contributed by atoms with Crippen LogP contribution in [0.15, 0.2) is 21.5 Å². The van der Waals surface area contributed by atoms with Gasteiger partial charge in [-0.2, -0.15) is 4.72 Å². The fourth-order valence-corrected chi connectivity index (χ4v) is 4.09. The van der Waals surface area contributed by atoms with Crippen molar-refractivity contribution in [2.24, 2.45) is 5.92 Å². The first-order chi connectivity index (χ1) is 9.60. The third kappa shape index (κ3) is 4.21. The zero-order valence-electron chi connectivity index (χ0n) is 11.5. The van der Waals surface area contributed by atoms with Crippen LogP contribution in [0.5, 0.6) is 0 Å². The molecule has 0 saturated carbocycles. The van der Waals surface area contributed by atoms with Crippen LogP contribution >= 0.6 is 15.9 Å². The van der Waals surface area contributed by atoms with E-state index in [0.29, 0.717) is 6.07 Å². The number of carbonyl (C=O) groups excluding carboxylic acids is 1. The van der Waals surface area contributed by atoms with Crippen LogP contribution in [0.25, 0.3) is 0 Å². The van der Waals surface area contributed by atoms with Crippen molar-refractivity contribution in [1.82, 2.24) is 4.72 Å². The summed E-state index contributed by atoms with van der Waals surface area (Å²) >= 11 is 2.80. The molecule has 0 fully saturated rings. The van der Waals surface area contributed by atoms with Crippen LogP contribution in [0.1, 0.15) is 13.8 Å². The Labute approximate surface area is 129 Å². The molecule has 0 saturated heterocycles. The number of ether oxygens (including phenoxy) is 1. The molecule has 0 radical (unpaired) electrons. The molecule has 1 aromatic rings. The van der Waals surface area contributed by atoms with Crippen LogP contribution in [0.4, 0.5) is 8.78 Å². The second-order valence-electron chi connectivity index (χ2n) is 4.56. The van der Waals surface area contributed by atoms with Crippen molar-refractivity contribution in [3.63, 3.8) is 0 Å². The second kappa shape index (κ2) is 6.80. The highest BCUT2D eigenvalue weighted by Crippen LogP contribution is 2.26. The van der Waals surface area contributed by atoms with Crippen LogP contribution < -0.4 is 4.72 Å². The molecule has 1 rings (SSSR count). The van der Waals surface area contributed by atoms with Gasteiger partial charge in [0, 0.05) is 10.5 Å². The van der Waals surface area contributed by atoms with Crippen molar-refractivity contribution in [3.05, 3.63) is 28.2 Å². The maximum Gasteiger partial charge on any atom is 0.324 e. The highest BCUT2D eigenvalue weighted by atomic mass is 79.9. The summed E-state index contributed by atoms with van der Waals surface area (Å²) in [5, 5.41) is 0. The fraction of sp³-hybridized carbons (Fsp3) is 0.417. The van der Waals surface area contributed by atoms with E-state index in [1.54, 1.807) is 13.8 Å². The maximum absolute atomic E-state index is 13.7. The molecule has 0 aliphatic rings. The van der Waals surface area contributed by atoms with Crippen molar-refractivity contribution in [2.75, 3.05) is 7.11 Å². The molecule has 5 nitrogen and oxygen atoms in total. The first-order valence-corrected chi connectivity index (χ1v) is 8.12. The average molecular weight is 386 g/mol. The van der Waals surface area contributed by atoms with Crippen molar-refractivity contribution in [2.45, 2.75) is 24.8 Å². The number of benzene rings is 1. The predicted molar refractivity (Wildman–Crippen MR) is 75.0 cm³/mol. The molecule has 118 valence electrons. The van der Waals surface area contributed by atoms with E-state index < -0.39 is 44.5 Å². The molecular formula is C12H14BrF2NO4S. The molecule has 0 bridgehead atoms. The monoisotopic (exact) mass is 385 g/mol. The van der Waals surface area contributed by atoms with Crippen LogP contribution in [-0.2, 0) is 19.6 Å².